The number of rotatable bonds is 12. The molecule has 0 aromatic heterocycles. The first-order valence-corrected chi connectivity index (χ1v) is 17.1. The van der Waals surface area contributed by atoms with Gasteiger partial charge < -0.3 is 10.2 Å². The molecule has 4 aromatic rings. The van der Waals surface area contributed by atoms with Crippen molar-refractivity contribution < 1.29 is 18.0 Å². The van der Waals surface area contributed by atoms with E-state index in [0.717, 1.165) is 32.3 Å². The summed E-state index contributed by atoms with van der Waals surface area (Å²) in [5, 5.41) is 2.98. The predicted molar refractivity (Wildman–Crippen MR) is 184 cm³/mol. The Balaban J connectivity index is 1.83. The number of benzene rings is 4. The van der Waals surface area contributed by atoms with Gasteiger partial charge in [0.15, 0.2) is 0 Å². The van der Waals surface area contributed by atoms with E-state index in [2.05, 4.69) is 21.2 Å². The molecule has 4 rings (SSSR count). The zero-order chi connectivity index (χ0) is 32.7. The molecule has 0 saturated carbocycles. The number of anilines is 1. The van der Waals surface area contributed by atoms with Crippen LogP contribution in [-0.4, -0.2) is 43.8 Å². The molecule has 0 saturated heterocycles. The van der Waals surface area contributed by atoms with Gasteiger partial charge in [-0.05, 0) is 87.2 Å². The number of sulfonamides is 1. The van der Waals surface area contributed by atoms with E-state index in [-0.39, 0.29) is 29.8 Å². The quantitative estimate of drug-likeness (QED) is 0.179. The highest BCUT2D eigenvalue weighted by atomic mass is 79.9. The Morgan fingerprint density at radius 2 is 1.44 bits per heavy atom. The number of hydrogen-bond donors (Lipinski definition) is 1. The summed E-state index contributed by atoms with van der Waals surface area (Å²) in [4.78, 5) is 30.0. The highest BCUT2D eigenvalue weighted by Gasteiger charge is 2.35. The molecule has 1 unspecified atom stereocenters. The lowest BCUT2D eigenvalue weighted by Gasteiger charge is -2.34. The molecule has 0 heterocycles. The Hall–Kier alpha value is -3.95. The Labute approximate surface area is 275 Å². The Bertz CT molecular complexity index is 1720. The Morgan fingerprint density at radius 3 is 2.07 bits per heavy atom. The van der Waals surface area contributed by atoms with Gasteiger partial charge in [-0.15, -0.1) is 0 Å². The summed E-state index contributed by atoms with van der Waals surface area (Å²) >= 11 is 3.47. The SMILES string of the molecule is Cc1ccc(S(=O)(=O)N(CC(=O)N(Cc2ccc(Br)cc2)C(Cc2ccccc2)C(=O)NC(C)C)c2cccc(C)c2C)cc1. The van der Waals surface area contributed by atoms with Gasteiger partial charge in [-0.3, -0.25) is 13.9 Å². The van der Waals surface area contributed by atoms with Crippen LogP contribution in [0.25, 0.3) is 0 Å². The summed E-state index contributed by atoms with van der Waals surface area (Å²) in [5.41, 5.74) is 4.67. The molecule has 0 aliphatic heterocycles. The Morgan fingerprint density at radius 1 is 0.800 bits per heavy atom. The van der Waals surface area contributed by atoms with Crippen LogP contribution in [0.4, 0.5) is 5.69 Å². The van der Waals surface area contributed by atoms with Crippen molar-refractivity contribution >= 4 is 43.5 Å². The number of nitrogens with zero attached hydrogens (tertiary/aromatic N) is 2. The lowest BCUT2D eigenvalue weighted by Crippen LogP contribution is -2.54. The molecule has 0 bridgehead atoms. The van der Waals surface area contributed by atoms with E-state index in [1.807, 2.05) is 95.3 Å². The van der Waals surface area contributed by atoms with E-state index < -0.39 is 28.5 Å². The van der Waals surface area contributed by atoms with E-state index in [4.69, 9.17) is 0 Å². The predicted octanol–water partition coefficient (Wildman–Crippen LogP) is 6.73. The molecule has 1 N–H and O–H groups in total. The van der Waals surface area contributed by atoms with E-state index in [1.54, 1.807) is 36.4 Å². The lowest BCUT2D eigenvalue weighted by atomic mass is 10.0. The van der Waals surface area contributed by atoms with E-state index in [1.165, 1.54) is 9.21 Å². The number of carbonyl (C=O) groups excluding carboxylic acids is 2. The molecule has 9 heteroatoms. The maximum Gasteiger partial charge on any atom is 0.264 e. The number of hydrogen-bond acceptors (Lipinski definition) is 4. The summed E-state index contributed by atoms with van der Waals surface area (Å²) in [6.07, 6.45) is 0.260. The molecular weight excluding hydrogens is 650 g/mol. The fraction of sp³-hybridized carbons (Fsp3) is 0.278. The van der Waals surface area contributed by atoms with Gasteiger partial charge in [0.1, 0.15) is 12.6 Å². The van der Waals surface area contributed by atoms with E-state index in [0.29, 0.717) is 5.69 Å². The topological polar surface area (TPSA) is 86.8 Å². The summed E-state index contributed by atoms with van der Waals surface area (Å²) in [6.45, 7) is 9.00. The van der Waals surface area contributed by atoms with Crippen LogP contribution >= 0.6 is 15.9 Å². The van der Waals surface area contributed by atoms with Gasteiger partial charge in [0.2, 0.25) is 11.8 Å². The highest BCUT2D eigenvalue weighted by Crippen LogP contribution is 2.29. The number of aryl methyl sites for hydroxylation is 2. The lowest BCUT2D eigenvalue weighted by molar-refractivity contribution is -0.140. The van der Waals surface area contributed by atoms with Crippen molar-refractivity contribution in [3.63, 3.8) is 0 Å². The molecular formula is C36H40BrN3O4S. The number of nitrogens with one attached hydrogen (secondary N) is 1. The largest absolute Gasteiger partial charge is 0.352 e. The first-order chi connectivity index (χ1) is 21.4. The van der Waals surface area contributed by atoms with Gasteiger partial charge in [0.05, 0.1) is 10.6 Å². The van der Waals surface area contributed by atoms with Gasteiger partial charge in [0.25, 0.3) is 10.0 Å². The monoisotopic (exact) mass is 689 g/mol. The zero-order valence-electron chi connectivity index (χ0n) is 26.3. The molecule has 4 aromatic carbocycles. The van der Waals surface area contributed by atoms with Gasteiger partial charge in [-0.1, -0.05) is 88.2 Å². The maximum atomic E-state index is 14.6. The van der Waals surface area contributed by atoms with Gasteiger partial charge in [-0.2, -0.15) is 0 Å². The molecule has 7 nitrogen and oxygen atoms in total. The first-order valence-electron chi connectivity index (χ1n) is 14.9. The van der Waals surface area contributed by atoms with Crippen LogP contribution < -0.4 is 9.62 Å². The molecule has 0 fully saturated rings. The third-order valence-electron chi connectivity index (χ3n) is 7.70. The summed E-state index contributed by atoms with van der Waals surface area (Å²) < 4.78 is 30.6. The second kappa shape index (κ2) is 14.9. The molecule has 45 heavy (non-hydrogen) atoms. The van der Waals surface area contributed by atoms with Crippen LogP contribution in [0.15, 0.2) is 106 Å². The number of amides is 2. The smallest absolute Gasteiger partial charge is 0.264 e. The Kier molecular flexibility index (Phi) is 11.2. The molecule has 1 atom stereocenters. The molecule has 0 aliphatic rings. The second-order valence-corrected chi connectivity index (χ2v) is 14.3. The second-order valence-electron chi connectivity index (χ2n) is 11.6. The maximum absolute atomic E-state index is 14.6. The third-order valence-corrected chi connectivity index (χ3v) is 10.0. The van der Waals surface area contributed by atoms with Crippen molar-refractivity contribution in [3.8, 4) is 0 Å². The number of halogens is 1. The van der Waals surface area contributed by atoms with Crippen molar-refractivity contribution in [2.24, 2.45) is 0 Å². The van der Waals surface area contributed by atoms with E-state index in [9.17, 15) is 18.0 Å². The van der Waals surface area contributed by atoms with Crippen LogP contribution in [0, 0.1) is 20.8 Å². The van der Waals surface area contributed by atoms with Crippen LogP contribution in [0.1, 0.15) is 41.7 Å². The van der Waals surface area contributed by atoms with Gasteiger partial charge >= 0.3 is 0 Å². The molecule has 0 aliphatic carbocycles. The van der Waals surface area contributed by atoms with Gasteiger partial charge in [0, 0.05) is 23.5 Å². The third kappa shape index (κ3) is 8.61. The van der Waals surface area contributed by atoms with E-state index >= 15 is 0 Å². The molecule has 236 valence electrons. The van der Waals surface area contributed by atoms with Crippen molar-refractivity contribution in [1.82, 2.24) is 10.2 Å². The number of carbonyl (C=O) groups is 2. The molecule has 0 radical (unpaired) electrons. The zero-order valence-corrected chi connectivity index (χ0v) is 28.7. The summed E-state index contributed by atoms with van der Waals surface area (Å²) in [7, 11) is -4.16. The van der Waals surface area contributed by atoms with Crippen molar-refractivity contribution in [2.45, 2.75) is 64.6 Å². The van der Waals surface area contributed by atoms with Crippen molar-refractivity contribution in [3.05, 3.63) is 129 Å². The first kappa shape index (κ1) is 33.9. The normalized spacial score (nSPS) is 12.1. The minimum absolute atomic E-state index is 0.0830. The summed E-state index contributed by atoms with van der Waals surface area (Å²) in [5.74, 6) is -0.798. The van der Waals surface area contributed by atoms with Crippen LogP contribution in [0.5, 0.6) is 0 Å². The van der Waals surface area contributed by atoms with Gasteiger partial charge in [-0.25, -0.2) is 8.42 Å². The minimum Gasteiger partial charge on any atom is -0.352 e. The minimum atomic E-state index is -4.16. The average molecular weight is 691 g/mol. The summed E-state index contributed by atoms with van der Waals surface area (Å²) in [6, 6.07) is 28.0. The fourth-order valence-corrected chi connectivity index (χ4v) is 6.81. The standard InChI is InChI=1S/C36H40BrN3O4S/c1-25(2)38-36(42)34(22-29-11-7-6-8-12-29)39(23-30-16-18-31(37)19-17-30)35(41)24-40(33-13-9-10-27(4)28(33)5)45(43,44)32-20-14-26(3)15-21-32/h6-21,25,34H,22-24H2,1-5H3,(H,38,42). The fourth-order valence-electron chi connectivity index (χ4n) is 5.08. The van der Waals surface area contributed by atoms with Crippen molar-refractivity contribution in [1.29, 1.82) is 0 Å². The van der Waals surface area contributed by atoms with Crippen LogP contribution in [0.3, 0.4) is 0 Å². The van der Waals surface area contributed by atoms with Crippen LogP contribution in [-0.2, 0) is 32.6 Å². The van der Waals surface area contributed by atoms with Crippen molar-refractivity contribution in [2.75, 3.05) is 10.8 Å². The highest BCUT2D eigenvalue weighted by molar-refractivity contribution is 9.10. The van der Waals surface area contributed by atoms with Crippen LogP contribution in [0.2, 0.25) is 0 Å². The average Bonchev–Trinajstić information content (AvgIpc) is 3.00. The molecule has 0 spiro atoms. The molecule has 2 amide bonds.